The topological polar surface area (TPSA) is 72.9 Å². The molecule has 1 aromatic rings. The second-order valence-corrected chi connectivity index (χ2v) is 7.71. The van der Waals surface area contributed by atoms with Crippen LogP contribution in [0, 0.1) is 5.92 Å². The molecular formula is C20H25NO5S. The normalized spacial score (nSPS) is 16.9. The number of hydrogen-bond acceptors (Lipinski definition) is 6. The Morgan fingerprint density at radius 1 is 1.22 bits per heavy atom. The van der Waals surface area contributed by atoms with Crippen LogP contribution in [0.3, 0.4) is 0 Å². The van der Waals surface area contributed by atoms with Gasteiger partial charge in [-0.15, -0.1) is 0 Å². The van der Waals surface area contributed by atoms with Gasteiger partial charge >= 0.3 is 5.97 Å². The first-order valence-corrected chi connectivity index (χ1v) is 9.80. The van der Waals surface area contributed by atoms with E-state index in [2.05, 4.69) is 0 Å². The number of hydrogen-bond donors (Lipinski definition) is 0. The molecule has 1 aliphatic heterocycles. The van der Waals surface area contributed by atoms with Gasteiger partial charge in [-0.2, -0.15) is 0 Å². The molecule has 0 saturated carbocycles. The van der Waals surface area contributed by atoms with Crippen molar-refractivity contribution in [3.8, 4) is 5.75 Å². The Morgan fingerprint density at radius 3 is 2.59 bits per heavy atom. The summed E-state index contributed by atoms with van der Waals surface area (Å²) < 4.78 is 10.9. The highest BCUT2D eigenvalue weighted by molar-refractivity contribution is 8.18. The molecule has 0 unspecified atom stereocenters. The van der Waals surface area contributed by atoms with Crippen molar-refractivity contribution in [1.82, 2.24) is 4.90 Å². The van der Waals surface area contributed by atoms with Crippen molar-refractivity contribution < 1.29 is 23.9 Å². The van der Waals surface area contributed by atoms with E-state index in [0.29, 0.717) is 11.3 Å². The lowest BCUT2D eigenvalue weighted by molar-refractivity contribution is -0.147. The van der Waals surface area contributed by atoms with Crippen LogP contribution in [0.25, 0.3) is 6.08 Å². The number of carbonyl (C=O) groups excluding carboxylic acids is 3. The Balaban J connectivity index is 2.13. The monoisotopic (exact) mass is 391 g/mol. The van der Waals surface area contributed by atoms with Gasteiger partial charge in [0, 0.05) is 5.56 Å². The molecule has 1 heterocycles. The van der Waals surface area contributed by atoms with Crippen LogP contribution in [-0.2, 0) is 14.3 Å². The van der Waals surface area contributed by atoms with E-state index in [1.807, 2.05) is 52.0 Å². The van der Waals surface area contributed by atoms with Gasteiger partial charge in [0.2, 0.25) is 0 Å². The molecule has 0 bridgehead atoms. The highest BCUT2D eigenvalue weighted by Gasteiger charge is 2.36. The van der Waals surface area contributed by atoms with E-state index < -0.39 is 17.1 Å². The maximum Gasteiger partial charge on any atom is 0.326 e. The molecule has 2 rings (SSSR count). The summed E-state index contributed by atoms with van der Waals surface area (Å²) in [6.07, 6.45) is 2.51. The highest BCUT2D eigenvalue weighted by Crippen LogP contribution is 2.34. The molecular weight excluding hydrogens is 366 g/mol. The lowest BCUT2D eigenvalue weighted by Gasteiger charge is -2.15. The number of thioether (sulfide) groups is 1. The predicted molar refractivity (Wildman–Crippen MR) is 105 cm³/mol. The number of carbonyl (C=O) groups is 3. The fraction of sp³-hybridized carbons (Fsp3) is 0.450. The lowest BCUT2D eigenvalue weighted by atomic mass is 10.1. The number of amides is 2. The Hall–Kier alpha value is -2.28. The summed E-state index contributed by atoms with van der Waals surface area (Å²) in [4.78, 5) is 37.7. The molecule has 0 N–H and O–H groups in total. The number of imide groups is 1. The Kier molecular flexibility index (Phi) is 7.47. The summed E-state index contributed by atoms with van der Waals surface area (Å²) in [6, 6.07) is 7.34. The Morgan fingerprint density at radius 2 is 1.93 bits per heavy atom. The van der Waals surface area contributed by atoms with Gasteiger partial charge in [-0.05, 0) is 43.2 Å². The summed E-state index contributed by atoms with van der Waals surface area (Å²) in [6.45, 7) is 7.69. The zero-order chi connectivity index (χ0) is 20.0. The van der Waals surface area contributed by atoms with Crippen LogP contribution in [0.2, 0.25) is 0 Å². The van der Waals surface area contributed by atoms with Gasteiger partial charge in [0.1, 0.15) is 12.3 Å². The first-order chi connectivity index (χ1) is 12.8. The first-order valence-electron chi connectivity index (χ1n) is 8.98. The molecule has 1 aliphatic rings. The first kappa shape index (κ1) is 21.0. The maximum absolute atomic E-state index is 12.6. The van der Waals surface area contributed by atoms with Crippen LogP contribution in [0.4, 0.5) is 4.79 Å². The van der Waals surface area contributed by atoms with Gasteiger partial charge in [-0.25, -0.2) is 0 Å². The van der Waals surface area contributed by atoms with Crippen LogP contribution in [0.15, 0.2) is 29.2 Å². The van der Waals surface area contributed by atoms with Gasteiger partial charge < -0.3 is 9.47 Å². The summed E-state index contributed by atoms with van der Waals surface area (Å²) >= 11 is 0.812. The van der Waals surface area contributed by atoms with E-state index in [1.54, 1.807) is 6.08 Å². The summed E-state index contributed by atoms with van der Waals surface area (Å²) in [5.41, 5.74) is 0.714. The van der Waals surface area contributed by atoms with Crippen LogP contribution >= 0.6 is 11.8 Å². The van der Waals surface area contributed by atoms with Gasteiger partial charge in [-0.1, -0.05) is 39.0 Å². The SMILES string of the molecule is CC[C@H](C)Oc1ccccc1/C=C1/SC(=O)N(CC(=O)OCC(C)C)C1=O. The fourth-order valence-electron chi connectivity index (χ4n) is 2.22. The van der Waals surface area contributed by atoms with Crippen LogP contribution in [0.5, 0.6) is 5.75 Å². The van der Waals surface area contributed by atoms with Gasteiger partial charge in [-0.3, -0.25) is 19.3 Å². The number of benzene rings is 1. The quantitative estimate of drug-likeness (QED) is 0.491. The standard InChI is InChI=1S/C20H25NO5S/c1-5-14(4)26-16-9-7-6-8-15(16)10-17-19(23)21(20(24)27-17)11-18(22)25-12-13(2)3/h6-10,13-14H,5,11-12H2,1-4H3/b17-10+/t14-/m0/s1. The third-order valence-electron chi connectivity index (χ3n) is 3.85. The summed E-state index contributed by atoms with van der Waals surface area (Å²) in [7, 11) is 0. The zero-order valence-electron chi connectivity index (χ0n) is 16.1. The van der Waals surface area contributed by atoms with E-state index >= 15 is 0 Å². The van der Waals surface area contributed by atoms with E-state index in [1.165, 1.54) is 0 Å². The van der Waals surface area contributed by atoms with Crippen molar-refractivity contribution in [1.29, 1.82) is 0 Å². The number of ether oxygens (including phenoxy) is 2. The lowest BCUT2D eigenvalue weighted by Crippen LogP contribution is -2.34. The molecule has 2 amide bonds. The van der Waals surface area contributed by atoms with E-state index in [4.69, 9.17) is 9.47 Å². The second-order valence-electron chi connectivity index (χ2n) is 6.72. The summed E-state index contributed by atoms with van der Waals surface area (Å²) in [5.74, 6) is -0.252. The largest absolute Gasteiger partial charge is 0.490 e. The Bertz CT molecular complexity index is 744. The van der Waals surface area contributed by atoms with Gasteiger partial charge in [0.15, 0.2) is 0 Å². The average molecular weight is 391 g/mol. The van der Waals surface area contributed by atoms with Crippen LogP contribution < -0.4 is 4.74 Å². The second kappa shape index (κ2) is 9.60. The number of nitrogens with zero attached hydrogens (tertiary/aromatic N) is 1. The van der Waals surface area contributed by atoms with Gasteiger partial charge in [0.25, 0.3) is 11.1 Å². The molecule has 6 nitrogen and oxygen atoms in total. The third kappa shape index (κ3) is 5.85. The predicted octanol–water partition coefficient (Wildman–Crippen LogP) is 4.10. The van der Waals surface area contributed by atoms with Crippen molar-refractivity contribution >= 4 is 35.0 Å². The van der Waals surface area contributed by atoms with Crippen molar-refractivity contribution in [3.63, 3.8) is 0 Å². The van der Waals surface area contributed by atoms with E-state index in [0.717, 1.165) is 23.1 Å². The number of esters is 1. The van der Waals surface area contributed by atoms with Gasteiger partial charge in [0.05, 0.1) is 17.6 Å². The number of rotatable bonds is 8. The molecule has 1 saturated heterocycles. The molecule has 0 spiro atoms. The van der Waals surface area contributed by atoms with Crippen molar-refractivity contribution in [2.24, 2.45) is 5.92 Å². The van der Waals surface area contributed by atoms with Crippen molar-refractivity contribution in [2.75, 3.05) is 13.2 Å². The molecule has 1 fully saturated rings. The Labute approximate surface area is 163 Å². The molecule has 27 heavy (non-hydrogen) atoms. The van der Waals surface area contributed by atoms with E-state index in [-0.39, 0.29) is 30.1 Å². The molecule has 7 heteroatoms. The van der Waals surface area contributed by atoms with Crippen LogP contribution in [0.1, 0.15) is 39.7 Å². The molecule has 1 atom stereocenters. The highest BCUT2D eigenvalue weighted by atomic mass is 32.2. The minimum Gasteiger partial charge on any atom is -0.490 e. The zero-order valence-corrected chi connectivity index (χ0v) is 16.9. The molecule has 146 valence electrons. The van der Waals surface area contributed by atoms with E-state index in [9.17, 15) is 14.4 Å². The average Bonchev–Trinajstić information content (AvgIpc) is 2.89. The molecule has 1 aromatic carbocycles. The van der Waals surface area contributed by atoms with Crippen molar-refractivity contribution in [3.05, 3.63) is 34.7 Å². The minimum absolute atomic E-state index is 0.0327. The molecule has 0 aliphatic carbocycles. The third-order valence-corrected chi connectivity index (χ3v) is 4.75. The summed E-state index contributed by atoms with van der Waals surface area (Å²) in [5, 5.41) is -0.479. The fourth-order valence-corrected chi connectivity index (χ4v) is 3.05. The van der Waals surface area contributed by atoms with Crippen molar-refractivity contribution in [2.45, 2.75) is 40.2 Å². The minimum atomic E-state index is -0.590. The van der Waals surface area contributed by atoms with Crippen LogP contribution in [-0.4, -0.2) is 41.3 Å². The number of para-hydroxylation sites is 1. The smallest absolute Gasteiger partial charge is 0.326 e. The maximum atomic E-state index is 12.6. The molecule has 0 aromatic heterocycles. The molecule has 0 radical (unpaired) electrons.